The number of halogens is 5. The lowest BCUT2D eigenvalue weighted by Gasteiger charge is -2.10. The van der Waals surface area contributed by atoms with Gasteiger partial charge in [-0.05, 0) is 30.3 Å². The van der Waals surface area contributed by atoms with Gasteiger partial charge >= 0.3 is 6.18 Å². The summed E-state index contributed by atoms with van der Waals surface area (Å²) in [6.07, 6.45) is -1.77. The second-order valence-electron chi connectivity index (χ2n) is 7.13. The number of hydrogen-bond donors (Lipinski definition) is 0. The lowest BCUT2D eigenvalue weighted by atomic mass is 10.0. The molecule has 2 aliphatic heterocycles. The Balaban J connectivity index is 1.43. The van der Waals surface area contributed by atoms with Crippen LogP contribution < -0.4 is 0 Å². The molecule has 3 heterocycles. The molecule has 1 aromatic heterocycles. The van der Waals surface area contributed by atoms with Crippen LogP contribution in [-0.4, -0.2) is 24.9 Å². The molecule has 0 unspecified atom stereocenters. The Hall–Kier alpha value is -4.15. The zero-order valence-electron chi connectivity index (χ0n) is 16.5. The number of nitrogens with zero attached hydrogens (tertiary/aromatic N) is 5. The van der Waals surface area contributed by atoms with Crippen LogP contribution in [0.2, 0.25) is 0 Å². The molecule has 0 amide bonds. The highest BCUT2D eigenvalue weighted by molar-refractivity contribution is 5.66. The number of rotatable bonds is 4. The fourth-order valence-corrected chi connectivity index (χ4v) is 3.36. The zero-order chi connectivity index (χ0) is 23.2. The second kappa shape index (κ2) is 7.76. The van der Waals surface area contributed by atoms with Crippen LogP contribution in [0.1, 0.15) is 11.3 Å². The van der Waals surface area contributed by atoms with Gasteiger partial charge in [-0.3, -0.25) is 4.68 Å². The highest BCUT2D eigenvalue weighted by Gasteiger charge is 2.35. The minimum atomic E-state index is -4.76. The molecule has 0 N–H and O–H groups in total. The van der Waals surface area contributed by atoms with Crippen LogP contribution in [0.25, 0.3) is 34.0 Å². The van der Waals surface area contributed by atoms with Gasteiger partial charge in [0.15, 0.2) is 11.6 Å². The van der Waals surface area contributed by atoms with Crippen molar-refractivity contribution in [3.8, 4) is 34.0 Å². The average Bonchev–Trinajstić information content (AvgIpc) is 3.40. The molecule has 6 nitrogen and oxygen atoms in total. The maximum Gasteiger partial charge on any atom is 0.417 e. The first-order valence-corrected chi connectivity index (χ1v) is 9.56. The van der Waals surface area contributed by atoms with Crippen molar-refractivity contribution >= 4 is 0 Å². The molecule has 0 radical (unpaired) electrons. The molecule has 3 aromatic rings. The van der Waals surface area contributed by atoms with Crippen molar-refractivity contribution in [2.45, 2.75) is 12.7 Å². The van der Waals surface area contributed by atoms with Gasteiger partial charge in [0, 0.05) is 11.6 Å². The maximum atomic E-state index is 14.0. The van der Waals surface area contributed by atoms with Gasteiger partial charge in [-0.15, -0.1) is 0 Å². The highest BCUT2D eigenvalue weighted by atomic mass is 19.4. The van der Waals surface area contributed by atoms with E-state index in [0.29, 0.717) is 17.5 Å². The van der Waals surface area contributed by atoms with Gasteiger partial charge in [0.05, 0.1) is 23.5 Å². The minimum Gasteiger partial charge on any atom is -0.359 e. The monoisotopic (exact) mass is 457 g/mol. The number of hydrogen-bond acceptors (Lipinski definition) is 5. The Kier molecular flexibility index (Phi) is 4.88. The zero-order valence-corrected chi connectivity index (χ0v) is 16.5. The van der Waals surface area contributed by atoms with E-state index in [1.807, 2.05) is 0 Å². The van der Waals surface area contributed by atoms with E-state index in [0.717, 1.165) is 12.1 Å². The normalized spacial score (nSPS) is 11.9. The van der Waals surface area contributed by atoms with Crippen molar-refractivity contribution in [3.05, 3.63) is 83.9 Å². The Morgan fingerprint density at radius 1 is 0.879 bits per heavy atom. The van der Waals surface area contributed by atoms with Gasteiger partial charge in [0.1, 0.15) is 35.3 Å². The average molecular weight is 457 g/mol. The summed E-state index contributed by atoms with van der Waals surface area (Å²) in [7, 11) is 0. The molecule has 166 valence electrons. The van der Waals surface area contributed by atoms with Crippen LogP contribution in [0, 0.1) is 11.6 Å². The first kappa shape index (κ1) is 20.7. The van der Waals surface area contributed by atoms with Crippen molar-refractivity contribution in [1.82, 2.24) is 24.9 Å². The lowest BCUT2D eigenvalue weighted by Crippen LogP contribution is -2.08. The van der Waals surface area contributed by atoms with E-state index in [-0.39, 0.29) is 35.0 Å². The van der Waals surface area contributed by atoms with Crippen LogP contribution in [0.4, 0.5) is 22.0 Å². The molecule has 2 aromatic carbocycles. The van der Waals surface area contributed by atoms with Crippen molar-refractivity contribution in [2.24, 2.45) is 0 Å². The lowest BCUT2D eigenvalue weighted by molar-refractivity contribution is -0.137. The Bertz CT molecular complexity index is 1420. The fraction of sp³-hybridized carbons (Fsp3) is 0.0909. The third-order valence-electron chi connectivity index (χ3n) is 4.87. The van der Waals surface area contributed by atoms with E-state index in [1.54, 1.807) is 24.4 Å². The summed E-state index contributed by atoms with van der Waals surface area (Å²) in [6, 6.07) is 9.76. The molecule has 0 bridgehead atoms. The SMILES string of the molecule is Fc1ccc(-c2cc(Cn3cc4nc(-c5ccccc5F)nc-4cn3)on2)c(C(F)(F)F)c1. The summed E-state index contributed by atoms with van der Waals surface area (Å²) >= 11 is 0. The molecule has 5 rings (SSSR count). The number of benzene rings is 2. The van der Waals surface area contributed by atoms with Crippen molar-refractivity contribution < 1.29 is 26.5 Å². The number of imidazole rings is 1. The molecule has 0 spiro atoms. The first-order valence-electron chi connectivity index (χ1n) is 9.56. The first-order chi connectivity index (χ1) is 15.8. The van der Waals surface area contributed by atoms with E-state index in [2.05, 4.69) is 20.2 Å². The molecule has 0 saturated heterocycles. The molecular weight excluding hydrogens is 445 g/mol. The number of aromatic nitrogens is 5. The van der Waals surface area contributed by atoms with Crippen LogP contribution in [0.5, 0.6) is 0 Å². The molecule has 0 atom stereocenters. The summed E-state index contributed by atoms with van der Waals surface area (Å²) < 4.78 is 73.9. The van der Waals surface area contributed by atoms with Gasteiger partial charge in [0.2, 0.25) is 0 Å². The van der Waals surface area contributed by atoms with Crippen molar-refractivity contribution in [3.63, 3.8) is 0 Å². The maximum absolute atomic E-state index is 14.0. The van der Waals surface area contributed by atoms with E-state index < -0.39 is 23.4 Å². The van der Waals surface area contributed by atoms with Crippen LogP contribution in [0.15, 0.2) is 65.4 Å². The quantitative estimate of drug-likeness (QED) is 0.336. The predicted molar refractivity (Wildman–Crippen MR) is 106 cm³/mol. The molecular formula is C22H12F5N5O. The van der Waals surface area contributed by atoms with Crippen LogP contribution in [0.3, 0.4) is 0 Å². The summed E-state index contributed by atoms with van der Waals surface area (Å²) in [5.41, 5.74) is -0.398. The predicted octanol–water partition coefficient (Wildman–Crippen LogP) is 5.45. The van der Waals surface area contributed by atoms with E-state index in [4.69, 9.17) is 4.52 Å². The summed E-state index contributed by atoms with van der Waals surface area (Å²) in [6.45, 7) is 0.0351. The Morgan fingerprint density at radius 3 is 2.45 bits per heavy atom. The molecule has 0 aliphatic carbocycles. The molecule has 11 heteroatoms. The molecule has 0 fully saturated rings. The fourth-order valence-electron chi connectivity index (χ4n) is 3.36. The van der Waals surface area contributed by atoms with Gasteiger partial charge in [-0.1, -0.05) is 17.3 Å². The van der Waals surface area contributed by atoms with Gasteiger partial charge in [-0.25, -0.2) is 18.7 Å². The number of alkyl halides is 3. The van der Waals surface area contributed by atoms with Gasteiger partial charge in [-0.2, -0.15) is 18.3 Å². The van der Waals surface area contributed by atoms with Crippen molar-refractivity contribution in [1.29, 1.82) is 0 Å². The third-order valence-corrected chi connectivity index (χ3v) is 4.87. The van der Waals surface area contributed by atoms with Crippen molar-refractivity contribution in [2.75, 3.05) is 0 Å². The molecule has 33 heavy (non-hydrogen) atoms. The second-order valence-corrected chi connectivity index (χ2v) is 7.13. The highest BCUT2D eigenvalue weighted by Crippen LogP contribution is 2.37. The van der Waals surface area contributed by atoms with Crippen LogP contribution >= 0.6 is 0 Å². The number of fused-ring (bicyclic) bond motifs is 1. The smallest absolute Gasteiger partial charge is 0.359 e. The standard InChI is InChI=1S/C22H12F5N5O/c23-12-5-6-14(16(7-12)22(25,26)27)18-8-13(33-31-18)10-32-11-20-19(9-28-32)29-21(30-20)15-3-1-2-4-17(15)24/h1-9,11H,10H2. The summed E-state index contributed by atoms with van der Waals surface area (Å²) in [5, 5.41) is 7.88. The minimum absolute atomic E-state index is 0.0351. The van der Waals surface area contributed by atoms with Gasteiger partial charge in [0.25, 0.3) is 0 Å². The van der Waals surface area contributed by atoms with E-state index in [1.165, 1.54) is 23.0 Å². The van der Waals surface area contributed by atoms with Gasteiger partial charge < -0.3 is 4.52 Å². The Morgan fingerprint density at radius 2 is 1.67 bits per heavy atom. The van der Waals surface area contributed by atoms with E-state index in [9.17, 15) is 22.0 Å². The van der Waals surface area contributed by atoms with E-state index >= 15 is 0 Å². The third kappa shape index (κ3) is 4.04. The summed E-state index contributed by atoms with van der Waals surface area (Å²) in [5.74, 6) is -1.04. The molecule has 0 saturated carbocycles. The van der Waals surface area contributed by atoms with Crippen LogP contribution in [-0.2, 0) is 12.7 Å². The molecule has 2 aliphatic rings. The topological polar surface area (TPSA) is 69.6 Å². The summed E-state index contributed by atoms with van der Waals surface area (Å²) in [4.78, 5) is 8.60. The Labute approximate surface area is 182 Å². The largest absolute Gasteiger partial charge is 0.417 e.